The van der Waals surface area contributed by atoms with E-state index in [1.54, 1.807) is 12.1 Å². The third kappa shape index (κ3) is 3.64. The largest absolute Gasteiger partial charge is 0.306 e. The molecule has 0 bridgehead atoms. The summed E-state index contributed by atoms with van der Waals surface area (Å²) in [6.07, 6.45) is 0. The molecule has 0 saturated carbocycles. The number of nitrogens with one attached hydrogen (secondary N) is 1. The Morgan fingerprint density at radius 1 is 1.20 bits per heavy atom. The Morgan fingerprint density at radius 2 is 1.95 bits per heavy atom. The maximum atomic E-state index is 14.1. The predicted octanol–water partition coefficient (Wildman–Crippen LogP) is 5.44. The molecule has 5 heteroatoms. The molecule has 0 spiro atoms. The van der Waals surface area contributed by atoms with Crippen molar-refractivity contribution in [1.82, 2.24) is 5.32 Å². The average molecular weight is 424 g/mol. The fourth-order valence-corrected chi connectivity index (χ4v) is 2.72. The van der Waals surface area contributed by atoms with Crippen molar-refractivity contribution < 1.29 is 4.39 Å². The molecule has 106 valence electrons. The lowest BCUT2D eigenvalue weighted by Gasteiger charge is -2.20. The SMILES string of the molecule is CCNC(c1ccc(I)c(Cl)c1)c1ccc(Cl)cc1F. The van der Waals surface area contributed by atoms with E-state index in [1.807, 2.05) is 25.1 Å². The van der Waals surface area contributed by atoms with Crippen molar-refractivity contribution >= 4 is 45.8 Å². The van der Waals surface area contributed by atoms with E-state index in [0.717, 1.165) is 15.7 Å². The topological polar surface area (TPSA) is 12.0 Å². The third-order valence-corrected chi connectivity index (χ3v) is 4.77. The molecule has 0 aliphatic carbocycles. The van der Waals surface area contributed by atoms with E-state index >= 15 is 0 Å². The maximum absolute atomic E-state index is 14.1. The van der Waals surface area contributed by atoms with Crippen molar-refractivity contribution in [2.45, 2.75) is 13.0 Å². The molecular formula is C15H13Cl2FIN. The maximum Gasteiger partial charge on any atom is 0.129 e. The van der Waals surface area contributed by atoms with Crippen LogP contribution in [0.25, 0.3) is 0 Å². The Morgan fingerprint density at radius 3 is 2.55 bits per heavy atom. The summed E-state index contributed by atoms with van der Waals surface area (Å²) in [6.45, 7) is 2.70. The van der Waals surface area contributed by atoms with Gasteiger partial charge in [-0.25, -0.2) is 4.39 Å². The lowest BCUT2D eigenvalue weighted by molar-refractivity contribution is 0.559. The van der Waals surface area contributed by atoms with Crippen LogP contribution in [0.1, 0.15) is 24.1 Å². The zero-order chi connectivity index (χ0) is 14.7. The van der Waals surface area contributed by atoms with E-state index < -0.39 is 0 Å². The average Bonchev–Trinajstić information content (AvgIpc) is 2.40. The molecule has 2 aromatic carbocycles. The smallest absolute Gasteiger partial charge is 0.129 e. The fourth-order valence-electron chi connectivity index (χ4n) is 2.04. The lowest BCUT2D eigenvalue weighted by atomic mass is 9.98. The van der Waals surface area contributed by atoms with Crippen molar-refractivity contribution in [1.29, 1.82) is 0 Å². The van der Waals surface area contributed by atoms with Gasteiger partial charge in [-0.1, -0.05) is 42.3 Å². The van der Waals surface area contributed by atoms with Gasteiger partial charge >= 0.3 is 0 Å². The monoisotopic (exact) mass is 423 g/mol. The Balaban J connectivity index is 2.47. The van der Waals surface area contributed by atoms with Crippen LogP contribution in [0.2, 0.25) is 10.0 Å². The van der Waals surface area contributed by atoms with Crippen LogP contribution in [-0.4, -0.2) is 6.54 Å². The van der Waals surface area contributed by atoms with Crippen molar-refractivity contribution in [2.24, 2.45) is 0 Å². The standard InChI is InChI=1S/C15H13Cl2FIN/c1-2-20-15(9-3-6-14(19)12(17)7-9)11-5-4-10(16)8-13(11)18/h3-8,15,20H,2H2,1H3. The summed E-state index contributed by atoms with van der Waals surface area (Å²) in [7, 11) is 0. The van der Waals surface area contributed by atoms with Crippen LogP contribution in [0, 0.1) is 9.39 Å². The second kappa shape index (κ2) is 7.07. The first-order valence-corrected chi connectivity index (χ1v) is 7.99. The number of benzene rings is 2. The molecule has 1 nitrogen and oxygen atoms in total. The van der Waals surface area contributed by atoms with Crippen molar-refractivity contribution in [2.75, 3.05) is 6.54 Å². The Kier molecular flexibility index (Phi) is 5.66. The number of hydrogen-bond acceptors (Lipinski definition) is 1. The summed E-state index contributed by atoms with van der Waals surface area (Å²) in [4.78, 5) is 0. The van der Waals surface area contributed by atoms with Crippen LogP contribution in [0.4, 0.5) is 4.39 Å². The molecule has 0 aromatic heterocycles. The van der Waals surface area contributed by atoms with E-state index in [0.29, 0.717) is 15.6 Å². The van der Waals surface area contributed by atoms with Crippen LogP contribution >= 0.6 is 45.8 Å². The van der Waals surface area contributed by atoms with Gasteiger partial charge in [0.2, 0.25) is 0 Å². The van der Waals surface area contributed by atoms with Crippen LogP contribution in [0.3, 0.4) is 0 Å². The zero-order valence-electron chi connectivity index (χ0n) is 10.8. The quantitative estimate of drug-likeness (QED) is 0.646. The number of hydrogen-bond donors (Lipinski definition) is 1. The van der Waals surface area contributed by atoms with Crippen LogP contribution < -0.4 is 5.32 Å². The van der Waals surface area contributed by atoms with E-state index in [9.17, 15) is 4.39 Å². The van der Waals surface area contributed by atoms with E-state index in [1.165, 1.54) is 6.07 Å². The number of halogens is 4. The van der Waals surface area contributed by atoms with Crippen molar-refractivity contribution in [3.8, 4) is 0 Å². The first-order chi connectivity index (χ1) is 9.52. The van der Waals surface area contributed by atoms with E-state index in [4.69, 9.17) is 23.2 Å². The minimum atomic E-state index is -0.321. The van der Waals surface area contributed by atoms with Crippen molar-refractivity contribution in [3.05, 3.63) is 67.0 Å². The molecule has 1 atom stereocenters. The van der Waals surface area contributed by atoms with Gasteiger partial charge in [0.05, 0.1) is 11.1 Å². The van der Waals surface area contributed by atoms with Crippen LogP contribution in [0.15, 0.2) is 36.4 Å². The highest BCUT2D eigenvalue weighted by atomic mass is 127. The van der Waals surface area contributed by atoms with Crippen LogP contribution in [0.5, 0.6) is 0 Å². The fraction of sp³-hybridized carbons (Fsp3) is 0.200. The second-order valence-corrected chi connectivity index (χ2v) is 6.34. The highest BCUT2D eigenvalue weighted by molar-refractivity contribution is 14.1. The van der Waals surface area contributed by atoms with Gasteiger partial charge in [0.15, 0.2) is 0 Å². The van der Waals surface area contributed by atoms with E-state index in [2.05, 4.69) is 27.9 Å². The molecule has 2 rings (SSSR count). The van der Waals surface area contributed by atoms with Gasteiger partial charge in [-0.05, 0) is 59.0 Å². The van der Waals surface area contributed by atoms with Gasteiger partial charge in [0, 0.05) is 14.2 Å². The molecule has 1 N–H and O–H groups in total. The van der Waals surface area contributed by atoms with E-state index in [-0.39, 0.29) is 11.9 Å². The Bertz CT molecular complexity index is 619. The van der Waals surface area contributed by atoms with Gasteiger partial charge in [-0.2, -0.15) is 0 Å². The second-order valence-electron chi connectivity index (χ2n) is 4.33. The normalized spacial score (nSPS) is 12.4. The van der Waals surface area contributed by atoms with Gasteiger partial charge in [0.25, 0.3) is 0 Å². The molecule has 2 aromatic rings. The molecule has 0 aliphatic heterocycles. The molecule has 0 saturated heterocycles. The minimum absolute atomic E-state index is 0.244. The predicted molar refractivity (Wildman–Crippen MR) is 91.1 cm³/mol. The summed E-state index contributed by atoms with van der Waals surface area (Å²) in [6, 6.07) is 10.2. The molecule has 0 heterocycles. The first-order valence-electron chi connectivity index (χ1n) is 6.16. The summed E-state index contributed by atoms with van der Waals surface area (Å²) in [5, 5.41) is 4.34. The molecule has 0 aliphatic rings. The third-order valence-electron chi connectivity index (χ3n) is 2.96. The molecular weight excluding hydrogens is 411 g/mol. The minimum Gasteiger partial charge on any atom is -0.306 e. The number of rotatable bonds is 4. The lowest BCUT2D eigenvalue weighted by Crippen LogP contribution is -2.23. The highest BCUT2D eigenvalue weighted by Crippen LogP contribution is 2.29. The molecule has 0 fully saturated rings. The van der Waals surface area contributed by atoms with Gasteiger partial charge < -0.3 is 5.32 Å². The molecule has 0 radical (unpaired) electrons. The Labute approximate surface area is 141 Å². The van der Waals surface area contributed by atoms with Gasteiger partial charge in [-0.3, -0.25) is 0 Å². The molecule has 20 heavy (non-hydrogen) atoms. The summed E-state index contributed by atoms with van der Waals surface area (Å²) < 4.78 is 15.1. The first kappa shape index (κ1) is 16.0. The zero-order valence-corrected chi connectivity index (χ0v) is 14.4. The van der Waals surface area contributed by atoms with Crippen LogP contribution in [-0.2, 0) is 0 Å². The van der Waals surface area contributed by atoms with Gasteiger partial charge in [0.1, 0.15) is 5.82 Å². The highest BCUT2D eigenvalue weighted by Gasteiger charge is 2.18. The Hall–Kier alpha value is -0.360. The van der Waals surface area contributed by atoms with Gasteiger partial charge in [-0.15, -0.1) is 0 Å². The summed E-state index contributed by atoms with van der Waals surface area (Å²) in [5.41, 5.74) is 1.49. The molecule has 0 amide bonds. The van der Waals surface area contributed by atoms with Crippen molar-refractivity contribution in [3.63, 3.8) is 0 Å². The molecule has 1 unspecified atom stereocenters. The summed E-state index contributed by atoms with van der Waals surface area (Å²) in [5.74, 6) is -0.321. The summed E-state index contributed by atoms with van der Waals surface area (Å²) >= 11 is 14.1.